The highest BCUT2D eigenvalue weighted by molar-refractivity contribution is 7.99. The lowest BCUT2D eigenvalue weighted by molar-refractivity contribution is -0.140. The molecule has 96 valence electrons. The maximum atomic E-state index is 10.9. The van der Waals surface area contributed by atoms with Gasteiger partial charge in [-0.25, -0.2) is 0 Å². The van der Waals surface area contributed by atoms with E-state index in [1.165, 1.54) is 7.11 Å². The summed E-state index contributed by atoms with van der Waals surface area (Å²) in [5.74, 6) is 1.03. The summed E-state index contributed by atoms with van der Waals surface area (Å²) in [5, 5.41) is 8.65. The summed E-state index contributed by atoms with van der Waals surface area (Å²) in [4.78, 5) is 10.9. The third kappa shape index (κ3) is 3.92. The van der Waals surface area contributed by atoms with Gasteiger partial charge in [-0.05, 0) is 20.3 Å². The molecular formula is C10H18N4O2S. The summed E-state index contributed by atoms with van der Waals surface area (Å²) in [6.45, 7) is 4.05. The Labute approximate surface area is 105 Å². The number of carbonyl (C=O) groups is 1. The summed E-state index contributed by atoms with van der Waals surface area (Å²) in [6, 6.07) is 0.230. The number of carbonyl (C=O) groups excluding carboxylic acids is 1. The Balaban J connectivity index is 2.44. The number of rotatable bonds is 6. The number of nitrogens with zero attached hydrogens (tertiary/aromatic N) is 3. The number of thioether (sulfide) groups is 1. The van der Waals surface area contributed by atoms with E-state index in [-0.39, 0.29) is 12.0 Å². The maximum absolute atomic E-state index is 10.9. The molecule has 0 saturated carbocycles. The number of hydrogen-bond acceptors (Lipinski definition) is 6. The number of aromatic nitrogens is 3. The zero-order valence-corrected chi connectivity index (χ0v) is 11.2. The fourth-order valence-corrected chi connectivity index (χ4v) is 2.37. The van der Waals surface area contributed by atoms with Crippen molar-refractivity contribution in [3.8, 4) is 0 Å². The molecule has 0 amide bonds. The van der Waals surface area contributed by atoms with E-state index in [9.17, 15) is 4.79 Å². The summed E-state index contributed by atoms with van der Waals surface area (Å²) in [7, 11) is 1.39. The minimum atomic E-state index is -0.185. The van der Waals surface area contributed by atoms with Crippen LogP contribution in [0, 0.1) is 0 Å². The second kappa shape index (κ2) is 6.48. The third-order valence-electron chi connectivity index (χ3n) is 2.19. The van der Waals surface area contributed by atoms with Crippen LogP contribution >= 0.6 is 11.8 Å². The summed E-state index contributed by atoms with van der Waals surface area (Å²) in [5.41, 5.74) is 5.72. The van der Waals surface area contributed by atoms with Crippen molar-refractivity contribution in [1.82, 2.24) is 14.8 Å². The van der Waals surface area contributed by atoms with Crippen LogP contribution in [0.1, 0.15) is 32.7 Å². The molecule has 0 radical (unpaired) electrons. The van der Waals surface area contributed by atoms with Crippen LogP contribution in [0.4, 0.5) is 5.95 Å². The van der Waals surface area contributed by atoms with Crippen LogP contribution in [0.5, 0.6) is 0 Å². The Bertz CT molecular complexity index is 378. The van der Waals surface area contributed by atoms with Gasteiger partial charge in [-0.2, -0.15) is 0 Å². The minimum absolute atomic E-state index is 0.185. The molecule has 1 aromatic heterocycles. The number of anilines is 1. The molecule has 0 spiro atoms. The summed E-state index contributed by atoms with van der Waals surface area (Å²) in [6.07, 6.45) is 1.18. The standard InChI is InChI=1S/C10H18N4O2S/c1-7(2)14-9(11)12-13-10(14)17-6-4-5-8(15)16-3/h7H,4-6H2,1-3H3,(H2,11,12). The summed E-state index contributed by atoms with van der Waals surface area (Å²) >= 11 is 1.55. The van der Waals surface area contributed by atoms with Gasteiger partial charge in [0.15, 0.2) is 5.16 Å². The second-order valence-electron chi connectivity index (χ2n) is 3.83. The topological polar surface area (TPSA) is 83.0 Å². The van der Waals surface area contributed by atoms with Crippen LogP contribution < -0.4 is 5.73 Å². The molecule has 17 heavy (non-hydrogen) atoms. The van der Waals surface area contributed by atoms with E-state index in [1.54, 1.807) is 11.8 Å². The molecule has 0 fully saturated rings. The van der Waals surface area contributed by atoms with Crippen LogP contribution in [0.25, 0.3) is 0 Å². The van der Waals surface area contributed by atoms with Crippen molar-refractivity contribution in [2.24, 2.45) is 0 Å². The second-order valence-corrected chi connectivity index (χ2v) is 4.89. The highest BCUT2D eigenvalue weighted by Gasteiger charge is 2.12. The zero-order valence-electron chi connectivity index (χ0n) is 10.3. The van der Waals surface area contributed by atoms with Crippen LogP contribution in [0.2, 0.25) is 0 Å². The van der Waals surface area contributed by atoms with Gasteiger partial charge in [0, 0.05) is 18.2 Å². The summed E-state index contributed by atoms with van der Waals surface area (Å²) < 4.78 is 6.44. The monoisotopic (exact) mass is 258 g/mol. The van der Waals surface area contributed by atoms with Gasteiger partial charge in [0.25, 0.3) is 0 Å². The third-order valence-corrected chi connectivity index (χ3v) is 3.22. The Morgan fingerprint density at radius 2 is 2.24 bits per heavy atom. The van der Waals surface area contributed by atoms with E-state index >= 15 is 0 Å². The van der Waals surface area contributed by atoms with Crippen molar-refractivity contribution < 1.29 is 9.53 Å². The first-order valence-corrected chi connectivity index (χ1v) is 6.44. The molecule has 1 aromatic rings. The number of nitrogens with two attached hydrogens (primary N) is 1. The molecule has 2 N–H and O–H groups in total. The van der Waals surface area contributed by atoms with E-state index in [0.29, 0.717) is 12.4 Å². The molecular weight excluding hydrogens is 240 g/mol. The molecule has 0 bridgehead atoms. The van der Waals surface area contributed by atoms with Crippen LogP contribution in [-0.2, 0) is 9.53 Å². The molecule has 7 heteroatoms. The highest BCUT2D eigenvalue weighted by Crippen LogP contribution is 2.23. The molecule has 0 unspecified atom stereocenters. The number of hydrogen-bond donors (Lipinski definition) is 1. The first kappa shape index (κ1) is 13.8. The molecule has 6 nitrogen and oxygen atoms in total. The number of methoxy groups -OCH3 is 1. The lowest BCUT2D eigenvalue weighted by atomic mass is 10.3. The molecule has 1 heterocycles. The Morgan fingerprint density at radius 1 is 1.53 bits per heavy atom. The lowest BCUT2D eigenvalue weighted by Crippen LogP contribution is -2.07. The molecule has 1 rings (SSSR count). The first-order chi connectivity index (χ1) is 8.06. The van der Waals surface area contributed by atoms with Crippen molar-refractivity contribution in [3.63, 3.8) is 0 Å². The molecule has 0 aromatic carbocycles. The van der Waals surface area contributed by atoms with Gasteiger partial charge in [0.1, 0.15) is 0 Å². The van der Waals surface area contributed by atoms with Crippen molar-refractivity contribution >= 4 is 23.7 Å². The fourth-order valence-electron chi connectivity index (χ4n) is 1.35. The molecule has 0 aliphatic carbocycles. The Hall–Kier alpha value is -1.24. The molecule has 0 aliphatic rings. The van der Waals surface area contributed by atoms with Gasteiger partial charge < -0.3 is 10.5 Å². The van der Waals surface area contributed by atoms with Gasteiger partial charge in [-0.3, -0.25) is 9.36 Å². The predicted octanol–water partition coefficient (Wildman–Crippen LogP) is 1.49. The van der Waals surface area contributed by atoms with Crippen LogP contribution in [0.3, 0.4) is 0 Å². The lowest BCUT2D eigenvalue weighted by Gasteiger charge is -2.10. The first-order valence-electron chi connectivity index (χ1n) is 5.46. The minimum Gasteiger partial charge on any atom is -0.469 e. The van der Waals surface area contributed by atoms with E-state index < -0.39 is 0 Å². The van der Waals surface area contributed by atoms with E-state index in [1.807, 2.05) is 18.4 Å². The normalized spacial score (nSPS) is 10.8. The number of nitrogen functional groups attached to an aromatic ring is 1. The molecule has 0 atom stereocenters. The number of esters is 1. The van der Waals surface area contributed by atoms with Gasteiger partial charge in [0.2, 0.25) is 5.95 Å². The van der Waals surface area contributed by atoms with Gasteiger partial charge in [-0.15, -0.1) is 10.2 Å². The zero-order chi connectivity index (χ0) is 12.8. The van der Waals surface area contributed by atoms with Crippen LogP contribution in [-0.4, -0.2) is 33.6 Å². The van der Waals surface area contributed by atoms with Crippen molar-refractivity contribution in [1.29, 1.82) is 0 Å². The highest BCUT2D eigenvalue weighted by atomic mass is 32.2. The van der Waals surface area contributed by atoms with Gasteiger partial charge in [-0.1, -0.05) is 11.8 Å². The van der Waals surface area contributed by atoms with E-state index in [0.717, 1.165) is 17.3 Å². The van der Waals surface area contributed by atoms with Crippen LogP contribution in [0.15, 0.2) is 5.16 Å². The van der Waals surface area contributed by atoms with Crippen molar-refractivity contribution in [3.05, 3.63) is 0 Å². The fraction of sp³-hybridized carbons (Fsp3) is 0.700. The average Bonchev–Trinajstić information content (AvgIpc) is 2.65. The van der Waals surface area contributed by atoms with E-state index in [4.69, 9.17) is 5.73 Å². The van der Waals surface area contributed by atoms with Gasteiger partial charge >= 0.3 is 5.97 Å². The average molecular weight is 258 g/mol. The van der Waals surface area contributed by atoms with Crippen molar-refractivity contribution in [2.45, 2.75) is 37.9 Å². The van der Waals surface area contributed by atoms with Crippen molar-refractivity contribution in [2.75, 3.05) is 18.6 Å². The molecule has 0 saturated heterocycles. The maximum Gasteiger partial charge on any atom is 0.305 e. The Kier molecular flexibility index (Phi) is 5.27. The van der Waals surface area contributed by atoms with Gasteiger partial charge in [0.05, 0.1) is 7.11 Å². The smallest absolute Gasteiger partial charge is 0.305 e. The van der Waals surface area contributed by atoms with E-state index in [2.05, 4.69) is 14.9 Å². The predicted molar refractivity (Wildman–Crippen MR) is 66.8 cm³/mol. The Morgan fingerprint density at radius 3 is 2.82 bits per heavy atom. The quantitative estimate of drug-likeness (QED) is 0.473. The number of ether oxygens (including phenoxy) is 1. The SMILES string of the molecule is COC(=O)CCCSc1nnc(N)n1C(C)C. The molecule has 0 aliphatic heterocycles. The largest absolute Gasteiger partial charge is 0.469 e.